The molecule has 0 spiro atoms. The molecule has 3 nitrogen and oxygen atoms in total. The summed E-state index contributed by atoms with van der Waals surface area (Å²) in [5, 5.41) is 8.70. The van der Waals surface area contributed by atoms with E-state index in [0.29, 0.717) is 12.0 Å². The van der Waals surface area contributed by atoms with Crippen molar-refractivity contribution in [2.75, 3.05) is 7.05 Å². The quantitative estimate of drug-likeness (QED) is 0.419. The maximum Gasteiger partial charge on any atom is 0.154 e. The van der Waals surface area contributed by atoms with Crippen LogP contribution in [0.2, 0.25) is 0 Å². The Morgan fingerprint density at radius 1 is 0.759 bits per heavy atom. The maximum absolute atomic E-state index is 8.70. The summed E-state index contributed by atoms with van der Waals surface area (Å²) >= 11 is 0. The number of nitrogens with zero attached hydrogens (tertiary/aromatic N) is 2. The van der Waals surface area contributed by atoms with Gasteiger partial charge >= 0.3 is 0 Å². The smallest absolute Gasteiger partial charge is 0.154 e. The molecule has 0 aliphatic rings. The van der Waals surface area contributed by atoms with Crippen molar-refractivity contribution in [2.24, 2.45) is 10.9 Å². The summed E-state index contributed by atoms with van der Waals surface area (Å²) in [4.78, 5) is 6.96. The summed E-state index contributed by atoms with van der Waals surface area (Å²) < 4.78 is 0. The van der Waals surface area contributed by atoms with Crippen LogP contribution in [0.15, 0.2) is 89.9 Å². The van der Waals surface area contributed by atoms with Gasteiger partial charge in [0.05, 0.1) is 0 Å². The summed E-state index contributed by atoms with van der Waals surface area (Å²) in [5.41, 5.74) is 4.06. The number of hydrogen-bond acceptors (Lipinski definition) is 1. The van der Waals surface area contributed by atoms with Crippen LogP contribution in [-0.4, -0.2) is 29.7 Å². The van der Waals surface area contributed by atoms with Crippen molar-refractivity contribution in [3.8, 4) is 11.1 Å². The Morgan fingerprint density at radius 3 is 1.93 bits per heavy atom. The molecule has 1 N–H and O–H groups in total. The lowest BCUT2D eigenvalue weighted by molar-refractivity contribution is 0.310. The third kappa shape index (κ3) is 5.00. The van der Waals surface area contributed by atoms with Crippen LogP contribution in [0.25, 0.3) is 11.1 Å². The number of rotatable bonds is 5. The van der Waals surface area contributed by atoms with Crippen molar-refractivity contribution >= 4 is 11.7 Å². The van der Waals surface area contributed by atoms with E-state index in [1.54, 1.807) is 0 Å². The highest BCUT2D eigenvalue weighted by molar-refractivity contribution is 6.10. The van der Waals surface area contributed by atoms with E-state index >= 15 is 0 Å². The van der Waals surface area contributed by atoms with Crippen molar-refractivity contribution in [2.45, 2.75) is 26.8 Å². The van der Waals surface area contributed by atoms with Gasteiger partial charge in [0.1, 0.15) is 5.84 Å². The topological polar surface area (TPSA) is 39.5 Å². The molecular formula is C26H29N3. The van der Waals surface area contributed by atoms with E-state index in [9.17, 15) is 0 Å². The molecule has 0 saturated heterocycles. The summed E-state index contributed by atoms with van der Waals surface area (Å²) in [7, 11) is 2.06. The van der Waals surface area contributed by atoms with Crippen LogP contribution in [0.4, 0.5) is 0 Å². The molecule has 0 unspecified atom stereocenters. The lowest BCUT2D eigenvalue weighted by Crippen LogP contribution is -2.39. The van der Waals surface area contributed by atoms with Crippen LogP contribution in [0.3, 0.4) is 0 Å². The molecular weight excluding hydrogens is 354 g/mol. The van der Waals surface area contributed by atoms with E-state index in [4.69, 9.17) is 10.4 Å². The number of nitrogens with one attached hydrogen (secondary N) is 1. The first-order valence-corrected chi connectivity index (χ1v) is 10.1. The number of hydrogen-bond donors (Lipinski definition) is 1. The summed E-state index contributed by atoms with van der Waals surface area (Å²) in [6.07, 6.45) is 0. The average molecular weight is 384 g/mol. The van der Waals surface area contributed by atoms with Gasteiger partial charge in [-0.3, -0.25) is 5.41 Å². The predicted molar refractivity (Wildman–Crippen MR) is 124 cm³/mol. The van der Waals surface area contributed by atoms with E-state index in [-0.39, 0.29) is 5.84 Å². The lowest BCUT2D eigenvalue weighted by Gasteiger charge is -2.31. The van der Waals surface area contributed by atoms with Crippen LogP contribution in [-0.2, 0) is 0 Å². The van der Waals surface area contributed by atoms with Gasteiger partial charge in [0.25, 0.3) is 0 Å². The monoisotopic (exact) mass is 383 g/mol. The highest BCUT2D eigenvalue weighted by Crippen LogP contribution is 2.21. The highest BCUT2D eigenvalue weighted by Gasteiger charge is 2.19. The van der Waals surface area contributed by atoms with Gasteiger partial charge in [-0.25, -0.2) is 4.99 Å². The second-order valence-electron chi connectivity index (χ2n) is 7.69. The number of aliphatic imine (C=N–C) groups is 1. The van der Waals surface area contributed by atoms with Gasteiger partial charge < -0.3 is 4.90 Å². The maximum atomic E-state index is 8.70. The van der Waals surface area contributed by atoms with Crippen molar-refractivity contribution in [3.63, 3.8) is 0 Å². The average Bonchev–Trinajstić information content (AvgIpc) is 2.77. The molecule has 3 aromatic rings. The molecule has 3 aromatic carbocycles. The van der Waals surface area contributed by atoms with E-state index in [1.807, 2.05) is 54.6 Å². The molecule has 0 heterocycles. The van der Waals surface area contributed by atoms with Crippen LogP contribution >= 0.6 is 0 Å². The number of amidine groups is 2. The van der Waals surface area contributed by atoms with Gasteiger partial charge in [-0.05, 0) is 30.0 Å². The predicted octanol–water partition coefficient (Wildman–Crippen LogP) is 6.10. The summed E-state index contributed by atoms with van der Waals surface area (Å²) in [5.74, 6) is 1.57. The Morgan fingerprint density at radius 2 is 1.31 bits per heavy atom. The first kappa shape index (κ1) is 20.5. The molecule has 0 amide bonds. The van der Waals surface area contributed by atoms with Crippen LogP contribution < -0.4 is 0 Å². The Hall–Kier alpha value is -3.20. The lowest BCUT2D eigenvalue weighted by atomic mass is 10.0. The molecule has 0 fully saturated rings. The fourth-order valence-corrected chi connectivity index (χ4v) is 3.22. The Balaban J connectivity index is 1.99. The van der Waals surface area contributed by atoms with Crippen molar-refractivity contribution < 1.29 is 0 Å². The SMILES string of the molecule is CC(C)[C@H](C)N(C)/C(=N\C(=N)c1cccc(-c2ccccc2)c1)c1ccccc1. The molecule has 0 saturated carbocycles. The minimum Gasteiger partial charge on any atom is -0.356 e. The first-order chi connectivity index (χ1) is 14.0. The molecule has 148 valence electrons. The number of benzene rings is 3. The molecule has 0 aliphatic heterocycles. The second-order valence-corrected chi connectivity index (χ2v) is 7.69. The molecule has 3 rings (SSSR count). The van der Waals surface area contributed by atoms with E-state index in [0.717, 1.165) is 28.1 Å². The standard InChI is InChI=1S/C26H29N3/c1-19(2)20(3)29(4)26(22-14-9-6-10-15-22)28-25(27)24-17-11-16-23(18-24)21-12-7-5-8-13-21/h5-20,27H,1-4H3/b27-25?,28-26-/t20-/m0/s1. The third-order valence-corrected chi connectivity index (χ3v) is 5.40. The molecule has 29 heavy (non-hydrogen) atoms. The zero-order valence-corrected chi connectivity index (χ0v) is 17.6. The Bertz CT molecular complexity index is 975. The van der Waals surface area contributed by atoms with Gasteiger partial charge in [0.15, 0.2) is 5.84 Å². The Labute approximate surface area is 174 Å². The minimum atomic E-state index is 0.268. The molecule has 1 atom stereocenters. The molecule has 0 aromatic heterocycles. The third-order valence-electron chi connectivity index (χ3n) is 5.40. The van der Waals surface area contributed by atoms with E-state index in [1.165, 1.54) is 0 Å². The Kier molecular flexibility index (Phi) is 6.61. The fraction of sp³-hybridized carbons (Fsp3) is 0.231. The largest absolute Gasteiger partial charge is 0.356 e. The molecule has 0 bridgehead atoms. The fourth-order valence-electron chi connectivity index (χ4n) is 3.22. The zero-order chi connectivity index (χ0) is 20.8. The normalized spacial score (nSPS) is 12.7. The minimum absolute atomic E-state index is 0.268. The van der Waals surface area contributed by atoms with Gasteiger partial charge in [-0.15, -0.1) is 0 Å². The van der Waals surface area contributed by atoms with Crippen molar-refractivity contribution in [1.82, 2.24) is 4.90 Å². The van der Waals surface area contributed by atoms with Gasteiger partial charge in [-0.1, -0.05) is 92.7 Å². The molecule has 0 radical (unpaired) electrons. The van der Waals surface area contributed by atoms with E-state index < -0.39 is 0 Å². The van der Waals surface area contributed by atoms with Crippen molar-refractivity contribution in [1.29, 1.82) is 5.41 Å². The van der Waals surface area contributed by atoms with Crippen molar-refractivity contribution in [3.05, 3.63) is 96.1 Å². The molecule has 0 aliphatic carbocycles. The van der Waals surface area contributed by atoms with Gasteiger partial charge in [0, 0.05) is 24.2 Å². The van der Waals surface area contributed by atoms with Crippen LogP contribution in [0, 0.1) is 11.3 Å². The van der Waals surface area contributed by atoms with E-state index in [2.05, 4.69) is 63.1 Å². The zero-order valence-electron chi connectivity index (χ0n) is 17.6. The van der Waals surface area contributed by atoms with Gasteiger partial charge in [0.2, 0.25) is 0 Å². The molecule has 3 heteroatoms. The first-order valence-electron chi connectivity index (χ1n) is 10.1. The highest BCUT2D eigenvalue weighted by atomic mass is 15.2. The summed E-state index contributed by atoms with van der Waals surface area (Å²) in [6, 6.07) is 28.7. The van der Waals surface area contributed by atoms with Crippen LogP contribution in [0.1, 0.15) is 31.9 Å². The summed E-state index contributed by atoms with van der Waals surface area (Å²) in [6.45, 7) is 6.61. The second kappa shape index (κ2) is 9.33. The van der Waals surface area contributed by atoms with Gasteiger partial charge in [-0.2, -0.15) is 0 Å². The van der Waals surface area contributed by atoms with Crippen LogP contribution in [0.5, 0.6) is 0 Å².